The van der Waals surface area contributed by atoms with E-state index >= 15 is 0 Å². The van der Waals surface area contributed by atoms with Gasteiger partial charge in [-0.2, -0.15) is 0 Å². The van der Waals surface area contributed by atoms with Crippen molar-refractivity contribution in [2.75, 3.05) is 24.5 Å². The van der Waals surface area contributed by atoms with E-state index in [-0.39, 0.29) is 38.8 Å². The summed E-state index contributed by atoms with van der Waals surface area (Å²) in [6.07, 6.45) is 6.05. The van der Waals surface area contributed by atoms with Crippen molar-refractivity contribution in [3.8, 4) is 5.82 Å². The molecule has 0 unspecified atom stereocenters. The van der Waals surface area contributed by atoms with Crippen LogP contribution in [0.3, 0.4) is 0 Å². The molecule has 0 saturated carbocycles. The van der Waals surface area contributed by atoms with Crippen LogP contribution in [0.15, 0.2) is 66.0 Å². The lowest BCUT2D eigenvalue weighted by Gasteiger charge is -2.24. The van der Waals surface area contributed by atoms with Crippen LogP contribution in [-0.2, 0) is 19.6 Å². The number of carbonyl (C=O) groups excluding carboxylic acids is 2. The van der Waals surface area contributed by atoms with Crippen molar-refractivity contribution in [1.82, 2.24) is 19.9 Å². The van der Waals surface area contributed by atoms with Crippen LogP contribution in [0, 0.1) is 0 Å². The molecule has 0 atom stereocenters. The van der Waals surface area contributed by atoms with Crippen LogP contribution in [0.1, 0.15) is 30.3 Å². The van der Waals surface area contributed by atoms with Crippen LogP contribution < -0.4 is 9.62 Å². The van der Waals surface area contributed by atoms with Crippen molar-refractivity contribution in [2.45, 2.75) is 24.7 Å². The fourth-order valence-electron chi connectivity index (χ4n) is 3.79. The van der Waals surface area contributed by atoms with Gasteiger partial charge in [-0.25, -0.2) is 18.4 Å². The highest BCUT2D eigenvalue weighted by atomic mass is 35.5. The van der Waals surface area contributed by atoms with Gasteiger partial charge in [-0.3, -0.25) is 18.5 Å². The summed E-state index contributed by atoms with van der Waals surface area (Å²) in [6, 6.07) is 10.7. The van der Waals surface area contributed by atoms with E-state index in [0.717, 1.165) is 10.7 Å². The van der Waals surface area contributed by atoms with Gasteiger partial charge in [0, 0.05) is 28.7 Å². The third-order valence-electron chi connectivity index (χ3n) is 5.76. The number of halogens is 2. The van der Waals surface area contributed by atoms with Crippen LogP contribution >= 0.6 is 23.2 Å². The number of benzene rings is 2. The predicted octanol–water partition coefficient (Wildman–Crippen LogP) is 4.63. The molecule has 0 saturated heterocycles. The Hall–Kier alpha value is -3.67. The van der Waals surface area contributed by atoms with Crippen molar-refractivity contribution in [1.29, 1.82) is 0 Å². The van der Waals surface area contributed by atoms with Gasteiger partial charge in [0.05, 0.1) is 35.1 Å². The molecule has 2 aromatic heterocycles. The molecule has 0 bridgehead atoms. The number of nitrogens with zero attached hydrogens (tertiary/aromatic N) is 4. The monoisotopic (exact) mass is 589 g/mol. The summed E-state index contributed by atoms with van der Waals surface area (Å²) >= 11 is 12.2. The van der Waals surface area contributed by atoms with Crippen LogP contribution in [0.4, 0.5) is 5.69 Å². The SMILES string of the molecule is CCCCOC(=O)CN(c1ccc2c(ccn2-c2cnc(C(=O)NC)cn2)c1)S(=O)(=O)c1cc(Cl)cc(Cl)c1. The number of carbonyl (C=O) groups is 2. The Kier molecular flexibility index (Phi) is 8.73. The molecule has 4 aromatic rings. The largest absolute Gasteiger partial charge is 0.464 e. The van der Waals surface area contributed by atoms with Gasteiger partial charge in [0.25, 0.3) is 15.9 Å². The summed E-state index contributed by atoms with van der Waals surface area (Å²) in [6.45, 7) is 1.60. The maximum absolute atomic E-state index is 13.7. The van der Waals surface area contributed by atoms with E-state index in [2.05, 4.69) is 15.3 Å². The van der Waals surface area contributed by atoms with Gasteiger partial charge in [0.15, 0.2) is 5.82 Å². The highest BCUT2D eigenvalue weighted by Gasteiger charge is 2.29. The standard InChI is InChI=1S/C26H25Cl2N5O5S/c1-3-4-9-38-25(34)16-33(39(36,37)21-12-18(27)11-19(28)13-21)20-5-6-23-17(10-20)7-8-32(23)24-15-30-22(14-31-24)26(35)29-2/h5-8,10-15H,3-4,9,16H2,1-2H3,(H,29,35). The highest BCUT2D eigenvalue weighted by molar-refractivity contribution is 7.92. The fraction of sp³-hybridized carbons (Fsp3) is 0.231. The van der Waals surface area contributed by atoms with Crippen LogP contribution in [0.25, 0.3) is 16.7 Å². The van der Waals surface area contributed by atoms with Gasteiger partial charge >= 0.3 is 5.97 Å². The second-order valence-corrected chi connectivity index (χ2v) is 11.2. The molecule has 0 aliphatic heterocycles. The summed E-state index contributed by atoms with van der Waals surface area (Å²) in [5.41, 5.74) is 1.12. The number of unbranched alkanes of at least 4 members (excludes halogenated alkanes) is 1. The van der Waals surface area contributed by atoms with Gasteiger partial charge in [-0.1, -0.05) is 36.5 Å². The minimum Gasteiger partial charge on any atom is -0.464 e. The molecule has 0 fully saturated rings. The van der Waals surface area contributed by atoms with Crippen LogP contribution in [0.5, 0.6) is 0 Å². The topological polar surface area (TPSA) is 123 Å². The zero-order valence-corrected chi connectivity index (χ0v) is 23.4. The first-order chi connectivity index (χ1) is 18.6. The lowest BCUT2D eigenvalue weighted by Crippen LogP contribution is -2.36. The summed E-state index contributed by atoms with van der Waals surface area (Å²) in [5.74, 6) is -0.584. The molecular formula is C26H25Cl2N5O5S. The quantitative estimate of drug-likeness (QED) is 0.211. The number of hydrogen-bond donors (Lipinski definition) is 1. The molecule has 0 aliphatic rings. The number of ether oxygens (including phenoxy) is 1. The molecule has 4 rings (SSSR count). The zero-order chi connectivity index (χ0) is 28.2. The lowest BCUT2D eigenvalue weighted by molar-refractivity contribution is -0.141. The Morgan fingerprint density at radius 1 is 1.05 bits per heavy atom. The minimum atomic E-state index is -4.26. The first-order valence-electron chi connectivity index (χ1n) is 11.9. The highest BCUT2D eigenvalue weighted by Crippen LogP contribution is 2.31. The summed E-state index contributed by atoms with van der Waals surface area (Å²) in [5, 5.41) is 3.45. The minimum absolute atomic E-state index is 0.141. The Bertz CT molecular complexity index is 1600. The van der Waals surface area contributed by atoms with E-state index in [1.165, 1.54) is 37.6 Å². The number of amides is 1. The summed E-state index contributed by atoms with van der Waals surface area (Å²) in [4.78, 5) is 32.7. The third kappa shape index (κ3) is 6.32. The molecule has 2 aromatic carbocycles. The Morgan fingerprint density at radius 2 is 1.79 bits per heavy atom. The molecule has 0 spiro atoms. The van der Waals surface area contributed by atoms with E-state index in [1.54, 1.807) is 35.0 Å². The van der Waals surface area contributed by atoms with Crippen LogP contribution in [-0.4, -0.2) is 55.0 Å². The van der Waals surface area contributed by atoms with Crippen molar-refractivity contribution < 1.29 is 22.7 Å². The summed E-state index contributed by atoms with van der Waals surface area (Å²) < 4.78 is 35.4. The average molecular weight is 590 g/mol. The maximum Gasteiger partial charge on any atom is 0.326 e. The predicted molar refractivity (Wildman–Crippen MR) is 149 cm³/mol. The number of esters is 1. The van der Waals surface area contributed by atoms with Crippen molar-refractivity contribution in [3.63, 3.8) is 0 Å². The Morgan fingerprint density at radius 3 is 2.44 bits per heavy atom. The van der Waals surface area contributed by atoms with E-state index in [0.29, 0.717) is 23.1 Å². The van der Waals surface area contributed by atoms with Crippen molar-refractivity contribution in [3.05, 3.63) is 76.8 Å². The molecule has 39 heavy (non-hydrogen) atoms. The fourth-order valence-corrected chi connectivity index (χ4v) is 5.92. The number of sulfonamides is 1. The molecule has 0 radical (unpaired) electrons. The molecule has 10 nitrogen and oxygen atoms in total. The molecule has 204 valence electrons. The molecule has 13 heteroatoms. The zero-order valence-electron chi connectivity index (χ0n) is 21.1. The average Bonchev–Trinajstić information content (AvgIpc) is 3.34. The van der Waals surface area contributed by atoms with E-state index in [1.807, 2.05) is 6.92 Å². The number of hydrogen-bond acceptors (Lipinski definition) is 7. The molecule has 0 aliphatic carbocycles. The number of fused-ring (bicyclic) bond motifs is 1. The van der Waals surface area contributed by atoms with Gasteiger partial charge in [-0.15, -0.1) is 0 Å². The Balaban J connectivity index is 1.73. The van der Waals surface area contributed by atoms with Gasteiger partial charge in [0.2, 0.25) is 0 Å². The first-order valence-corrected chi connectivity index (χ1v) is 14.1. The number of anilines is 1. The van der Waals surface area contributed by atoms with Gasteiger partial charge in [-0.05, 0) is 48.9 Å². The lowest BCUT2D eigenvalue weighted by atomic mass is 10.2. The molecule has 1 amide bonds. The third-order valence-corrected chi connectivity index (χ3v) is 7.95. The van der Waals surface area contributed by atoms with Crippen molar-refractivity contribution in [2.24, 2.45) is 0 Å². The normalized spacial score (nSPS) is 11.4. The molecule has 1 N–H and O–H groups in total. The second kappa shape index (κ2) is 12.0. The second-order valence-electron chi connectivity index (χ2n) is 8.46. The molecule has 2 heterocycles. The number of rotatable bonds is 10. The van der Waals surface area contributed by atoms with Gasteiger partial charge < -0.3 is 10.1 Å². The number of nitrogens with one attached hydrogen (secondary N) is 1. The smallest absolute Gasteiger partial charge is 0.326 e. The van der Waals surface area contributed by atoms with E-state index in [4.69, 9.17) is 27.9 Å². The maximum atomic E-state index is 13.7. The molecular weight excluding hydrogens is 565 g/mol. The van der Waals surface area contributed by atoms with E-state index < -0.39 is 22.5 Å². The Labute approximate surface area is 235 Å². The summed E-state index contributed by atoms with van der Waals surface area (Å²) in [7, 11) is -2.75. The van der Waals surface area contributed by atoms with Crippen molar-refractivity contribution >= 4 is 61.7 Å². The first kappa shape index (κ1) is 28.3. The van der Waals surface area contributed by atoms with Crippen LogP contribution in [0.2, 0.25) is 10.0 Å². The number of aromatic nitrogens is 3. The van der Waals surface area contributed by atoms with E-state index in [9.17, 15) is 18.0 Å². The van der Waals surface area contributed by atoms with Gasteiger partial charge in [0.1, 0.15) is 12.2 Å².